The normalized spacial score (nSPS) is 33.0. The number of rotatable bonds is 0. The van der Waals surface area contributed by atoms with E-state index in [-0.39, 0.29) is 1.43 Å². The van der Waals surface area contributed by atoms with Crippen LogP contribution in [0.5, 0.6) is 0 Å². The van der Waals surface area contributed by atoms with E-state index in [9.17, 15) is 0 Å². The molecule has 0 aromatic rings. The Labute approximate surface area is 58.5 Å². The van der Waals surface area contributed by atoms with Gasteiger partial charge in [0.25, 0.3) is 0 Å². The minimum Gasteiger partial charge on any atom is -0.306 e. The largest absolute Gasteiger partial charge is 0.306 e. The number of hydrogen-bond donors (Lipinski definition) is 0. The van der Waals surface area contributed by atoms with Gasteiger partial charge in [-0.2, -0.15) is 0 Å². The SMILES string of the molecule is CN1CCCC2(CC2)C1.[HH]. The van der Waals surface area contributed by atoms with Crippen LogP contribution < -0.4 is 0 Å². The molecular formula is C8H17N. The lowest BCUT2D eigenvalue weighted by molar-refractivity contribution is 0.194. The molecule has 1 spiro atoms. The average molecular weight is 127 g/mol. The summed E-state index contributed by atoms with van der Waals surface area (Å²) >= 11 is 0. The fourth-order valence-electron chi connectivity index (χ4n) is 2.04. The molecule has 2 aliphatic rings. The smallest absolute Gasteiger partial charge is 0.00349 e. The summed E-state index contributed by atoms with van der Waals surface area (Å²) in [5, 5.41) is 0. The van der Waals surface area contributed by atoms with E-state index in [0.29, 0.717) is 0 Å². The number of nitrogens with zero attached hydrogens (tertiary/aromatic N) is 1. The monoisotopic (exact) mass is 127 g/mol. The molecule has 0 unspecified atom stereocenters. The molecule has 1 heteroatoms. The second kappa shape index (κ2) is 1.72. The summed E-state index contributed by atoms with van der Waals surface area (Å²) in [6, 6.07) is 0. The third kappa shape index (κ3) is 0.983. The Balaban J connectivity index is 0.000000500. The van der Waals surface area contributed by atoms with Gasteiger partial charge in [-0.05, 0) is 44.7 Å². The minimum atomic E-state index is 0. The molecule has 1 nitrogen and oxygen atoms in total. The van der Waals surface area contributed by atoms with Gasteiger partial charge in [-0.25, -0.2) is 0 Å². The zero-order valence-corrected chi connectivity index (χ0v) is 6.19. The van der Waals surface area contributed by atoms with Crippen molar-refractivity contribution in [3.05, 3.63) is 0 Å². The van der Waals surface area contributed by atoms with Gasteiger partial charge in [0.2, 0.25) is 0 Å². The highest BCUT2D eigenvalue weighted by molar-refractivity contribution is 4.97. The number of likely N-dealkylation sites (tertiary alicyclic amines) is 1. The second-order valence-corrected chi connectivity index (χ2v) is 3.84. The van der Waals surface area contributed by atoms with Gasteiger partial charge in [-0.1, -0.05) is 0 Å². The third-order valence-corrected chi connectivity index (χ3v) is 2.81. The van der Waals surface area contributed by atoms with E-state index in [1.54, 1.807) is 0 Å². The molecular weight excluding hydrogens is 110 g/mol. The van der Waals surface area contributed by atoms with Crippen LogP contribution in [0.15, 0.2) is 0 Å². The van der Waals surface area contributed by atoms with Crippen LogP contribution in [0, 0.1) is 5.41 Å². The molecule has 1 aliphatic heterocycles. The lowest BCUT2D eigenvalue weighted by Gasteiger charge is -2.29. The fraction of sp³-hybridized carbons (Fsp3) is 1.00. The number of hydrogen-bond acceptors (Lipinski definition) is 1. The van der Waals surface area contributed by atoms with Crippen LogP contribution >= 0.6 is 0 Å². The van der Waals surface area contributed by atoms with E-state index >= 15 is 0 Å². The van der Waals surface area contributed by atoms with Gasteiger partial charge in [-0.15, -0.1) is 0 Å². The summed E-state index contributed by atoms with van der Waals surface area (Å²) in [7, 11) is 2.25. The van der Waals surface area contributed by atoms with E-state index in [2.05, 4.69) is 11.9 Å². The minimum absolute atomic E-state index is 0. The van der Waals surface area contributed by atoms with Gasteiger partial charge in [0, 0.05) is 7.97 Å². The zero-order chi connectivity index (χ0) is 6.32. The summed E-state index contributed by atoms with van der Waals surface area (Å²) < 4.78 is 0. The van der Waals surface area contributed by atoms with Crippen molar-refractivity contribution in [2.24, 2.45) is 5.41 Å². The van der Waals surface area contributed by atoms with E-state index in [1.165, 1.54) is 38.8 Å². The van der Waals surface area contributed by atoms with Crippen molar-refractivity contribution in [3.63, 3.8) is 0 Å². The summed E-state index contributed by atoms with van der Waals surface area (Å²) in [6.45, 7) is 2.72. The maximum absolute atomic E-state index is 2.48. The Hall–Kier alpha value is -0.0400. The molecule has 1 aliphatic carbocycles. The van der Waals surface area contributed by atoms with E-state index in [0.717, 1.165) is 5.41 Å². The highest BCUT2D eigenvalue weighted by Gasteiger charge is 2.44. The van der Waals surface area contributed by atoms with E-state index in [4.69, 9.17) is 0 Å². The van der Waals surface area contributed by atoms with Crippen molar-refractivity contribution in [2.75, 3.05) is 20.1 Å². The van der Waals surface area contributed by atoms with Gasteiger partial charge in [-0.3, -0.25) is 0 Å². The van der Waals surface area contributed by atoms with Crippen LogP contribution in [0.3, 0.4) is 0 Å². The lowest BCUT2D eigenvalue weighted by atomic mass is 9.96. The molecule has 2 fully saturated rings. The molecule has 1 heterocycles. The van der Waals surface area contributed by atoms with Crippen LogP contribution in [0.25, 0.3) is 0 Å². The summed E-state index contributed by atoms with van der Waals surface area (Å²) in [4.78, 5) is 2.48. The first kappa shape index (κ1) is 5.72. The molecule has 0 N–H and O–H groups in total. The van der Waals surface area contributed by atoms with Gasteiger partial charge in [0.1, 0.15) is 0 Å². The Morgan fingerprint density at radius 3 is 2.56 bits per heavy atom. The Morgan fingerprint density at radius 2 is 2.11 bits per heavy atom. The van der Waals surface area contributed by atoms with Crippen molar-refractivity contribution in [3.8, 4) is 0 Å². The Morgan fingerprint density at radius 1 is 1.33 bits per heavy atom. The van der Waals surface area contributed by atoms with Crippen LogP contribution in [0.2, 0.25) is 0 Å². The zero-order valence-electron chi connectivity index (χ0n) is 6.19. The molecule has 1 saturated carbocycles. The summed E-state index contributed by atoms with van der Waals surface area (Å²) in [6.07, 6.45) is 5.97. The predicted octanol–water partition coefficient (Wildman–Crippen LogP) is 1.74. The first-order valence-electron chi connectivity index (χ1n) is 3.99. The molecule has 2 rings (SSSR count). The highest BCUT2D eigenvalue weighted by atomic mass is 15.1. The molecule has 54 valence electrons. The molecule has 0 atom stereocenters. The Kier molecular flexibility index (Phi) is 1.10. The van der Waals surface area contributed by atoms with Crippen LogP contribution in [0.4, 0.5) is 0 Å². The maximum Gasteiger partial charge on any atom is 0.00349 e. The topological polar surface area (TPSA) is 3.24 Å². The van der Waals surface area contributed by atoms with Gasteiger partial charge in [0.15, 0.2) is 0 Å². The first-order valence-corrected chi connectivity index (χ1v) is 3.99. The summed E-state index contributed by atoms with van der Waals surface area (Å²) in [5.74, 6) is 0. The second-order valence-electron chi connectivity index (χ2n) is 3.84. The first-order chi connectivity index (χ1) is 4.31. The van der Waals surface area contributed by atoms with Crippen LogP contribution in [-0.2, 0) is 0 Å². The van der Waals surface area contributed by atoms with E-state index in [1.807, 2.05) is 0 Å². The number of piperidine rings is 1. The molecule has 9 heavy (non-hydrogen) atoms. The molecule has 0 aromatic heterocycles. The van der Waals surface area contributed by atoms with Gasteiger partial charge in [0.05, 0.1) is 0 Å². The van der Waals surface area contributed by atoms with Crippen molar-refractivity contribution < 1.29 is 1.43 Å². The van der Waals surface area contributed by atoms with Crippen molar-refractivity contribution in [1.29, 1.82) is 0 Å². The van der Waals surface area contributed by atoms with Crippen molar-refractivity contribution >= 4 is 0 Å². The molecule has 0 aromatic carbocycles. The van der Waals surface area contributed by atoms with Crippen molar-refractivity contribution in [1.82, 2.24) is 4.90 Å². The third-order valence-electron chi connectivity index (χ3n) is 2.81. The molecule has 0 bridgehead atoms. The predicted molar refractivity (Wildman–Crippen MR) is 40.5 cm³/mol. The quantitative estimate of drug-likeness (QED) is 0.479. The van der Waals surface area contributed by atoms with Crippen molar-refractivity contribution in [2.45, 2.75) is 25.7 Å². The van der Waals surface area contributed by atoms with Gasteiger partial charge >= 0.3 is 0 Å². The molecule has 1 saturated heterocycles. The maximum atomic E-state index is 2.48. The summed E-state index contributed by atoms with van der Waals surface area (Å²) in [5.41, 5.74) is 0.826. The average Bonchev–Trinajstić information content (AvgIpc) is 2.49. The van der Waals surface area contributed by atoms with Gasteiger partial charge < -0.3 is 4.90 Å². The van der Waals surface area contributed by atoms with Crippen LogP contribution in [-0.4, -0.2) is 25.0 Å². The molecule has 0 amide bonds. The fourth-order valence-corrected chi connectivity index (χ4v) is 2.04. The highest BCUT2D eigenvalue weighted by Crippen LogP contribution is 2.51. The molecule has 0 radical (unpaired) electrons. The van der Waals surface area contributed by atoms with E-state index < -0.39 is 0 Å². The standard InChI is InChI=1S/C8H15N.H2/c1-9-6-2-3-8(7-9)4-5-8;/h2-7H2,1H3;1H. The lowest BCUT2D eigenvalue weighted by Crippen LogP contribution is -2.32. The van der Waals surface area contributed by atoms with Crippen LogP contribution in [0.1, 0.15) is 27.1 Å². The Bertz CT molecular complexity index is 120.